The Morgan fingerprint density at radius 3 is 2.25 bits per heavy atom. The van der Waals surface area contributed by atoms with Crippen molar-refractivity contribution in [3.8, 4) is 17.4 Å². The quantitative estimate of drug-likeness (QED) is 0.485. The van der Waals surface area contributed by atoms with Crippen LogP contribution >= 0.6 is 0 Å². The molecule has 196 valence electrons. The molecule has 0 spiro atoms. The number of hydrogen-bond acceptors (Lipinski definition) is 9. The SMILES string of the molecule is COC(=O)[C@H](COC(C)(C)C)NC(=O)c1ccc(Oc2cccc(OCC(=O)OC(C)(C)C)c2)nc1. The molecule has 0 radical (unpaired) electrons. The summed E-state index contributed by atoms with van der Waals surface area (Å²) in [6.45, 7) is 10.6. The Kier molecular flexibility index (Phi) is 9.80. The van der Waals surface area contributed by atoms with Gasteiger partial charge in [-0.05, 0) is 59.7 Å². The molecule has 1 N–H and O–H groups in total. The van der Waals surface area contributed by atoms with E-state index < -0.39 is 35.1 Å². The van der Waals surface area contributed by atoms with Crippen molar-refractivity contribution < 1.29 is 38.1 Å². The fraction of sp³-hybridized carbons (Fsp3) is 0.462. The van der Waals surface area contributed by atoms with Crippen molar-refractivity contribution in [3.05, 3.63) is 48.2 Å². The molecule has 1 heterocycles. The number of carbonyl (C=O) groups excluding carboxylic acids is 3. The van der Waals surface area contributed by atoms with E-state index in [0.717, 1.165) is 0 Å². The van der Waals surface area contributed by atoms with Crippen LogP contribution in [0.15, 0.2) is 42.6 Å². The highest BCUT2D eigenvalue weighted by molar-refractivity contribution is 5.96. The van der Waals surface area contributed by atoms with Gasteiger partial charge in [0.15, 0.2) is 12.6 Å². The lowest BCUT2D eigenvalue weighted by Gasteiger charge is -2.23. The number of pyridine rings is 1. The number of nitrogens with one attached hydrogen (secondary N) is 1. The zero-order chi connectivity index (χ0) is 26.9. The third kappa shape index (κ3) is 10.3. The molecule has 0 saturated carbocycles. The lowest BCUT2D eigenvalue weighted by atomic mass is 10.2. The van der Waals surface area contributed by atoms with Gasteiger partial charge in [-0.2, -0.15) is 0 Å². The molecule has 2 rings (SSSR count). The molecule has 1 aromatic heterocycles. The maximum Gasteiger partial charge on any atom is 0.344 e. The Morgan fingerprint density at radius 1 is 0.972 bits per heavy atom. The summed E-state index contributed by atoms with van der Waals surface area (Å²) in [7, 11) is 1.24. The summed E-state index contributed by atoms with van der Waals surface area (Å²) in [4.78, 5) is 40.6. The van der Waals surface area contributed by atoms with Crippen LogP contribution < -0.4 is 14.8 Å². The summed E-state index contributed by atoms with van der Waals surface area (Å²) in [5.41, 5.74) is -0.864. The van der Waals surface area contributed by atoms with Gasteiger partial charge in [0.25, 0.3) is 5.91 Å². The third-order valence-corrected chi connectivity index (χ3v) is 4.28. The normalized spacial score (nSPS) is 12.3. The van der Waals surface area contributed by atoms with Gasteiger partial charge < -0.3 is 29.0 Å². The van der Waals surface area contributed by atoms with Gasteiger partial charge in [-0.1, -0.05) is 6.07 Å². The highest BCUT2D eigenvalue weighted by atomic mass is 16.6. The Bertz CT molecular complexity index is 1040. The van der Waals surface area contributed by atoms with E-state index in [-0.39, 0.29) is 24.7 Å². The summed E-state index contributed by atoms with van der Waals surface area (Å²) in [5.74, 6) is -0.541. The molecule has 2 aromatic rings. The molecular formula is C26H34N2O8. The molecule has 10 nitrogen and oxygen atoms in total. The number of hydrogen-bond donors (Lipinski definition) is 1. The van der Waals surface area contributed by atoms with Gasteiger partial charge in [-0.25, -0.2) is 14.6 Å². The molecule has 36 heavy (non-hydrogen) atoms. The van der Waals surface area contributed by atoms with Crippen molar-refractivity contribution in [2.75, 3.05) is 20.3 Å². The summed E-state index contributed by atoms with van der Waals surface area (Å²) < 4.78 is 26.8. The van der Waals surface area contributed by atoms with E-state index in [1.54, 1.807) is 45.0 Å². The van der Waals surface area contributed by atoms with Gasteiger partial charge in [0.2, 0.25) is 5.88 Å². The average molecular weight is 503 g/mol. The molecule has 0 aliphatic carbocycles. The largest absolute Gasteiger partial charge is 0.482 e. The molecule has 0 bridgehead atoms. The average Bonchev–Trinajstić information content (AvgIpc) is 2.79. The van der Waals surface area contributed by atoms with Crippen LogP contribution in [0.2, 0.25) is 0 Å². The first kappa shape index (κ1) is 28.6. The molecule has 10 heteroatoms. The van der Waals surface area contributed by atoms with Gasteiger partial charge in [0, 0.05) is 18.3 Å². The van der Waals surface area contributed by atoms with Crippen molar-refractivity contribution in [1.82, 2.24) is 10.3 Å². The molecular weight excluding hydrogens is 468 g/mol. The summed E-state index contributed by atoms with van der Waals surface area (Å²) >= 11 is 0. The lowest BCUT2D eigenvalue weighted by Crippen LogP contribution is -2.46. The minimum atomic E-state index is -0.971. The number of ether oxygens (including phenoxy) is 5. The zero-order valence-corrected chi connectivity index (χ0v) is 21.7. The van der Waals surface area contributed by atoms with E-state index >= 15 is 0 Å². The predicted molar refractivity (Wildman–Crippen MR) is 131 cm³/mol. The minimum Gasteiger partial charge on any atom is -0.482 e. The molecule has 1 atom stereocenters. The number of esters is 2. The third-order valence-electron chi connectivity index (χ3n) is 4.28. The molecule has 1 aromatic carbocycles. The van der Waals surface area contributed by atoms with E-state index in [4.69, 9.17) is 23.7 Å². The smallest absolute Gasteiger partial charge is 0.344 e. The lowest BCUT2D eigenvalue weighted by molar-refractivity contribution is -0.157. The Balaban J connectivity index is 1.98. The van der Waals surface area contributed by atoms with Crippen LogP contribution in [0.25, 0.3) is 0 Å². The van der Waals surface area contributed by atoms with Crippen LogP contribution in [0.4, 0.5) is 0 Å². The number of benzene rings is 1. The number of carbonyl (C=O) groups is 3. The van der Waals surface area contributed by atoms with E-state index in [1.807, 2.05) is 20.8 Å². The van der Waals surface area contributed by atoms with E-state index in [1.165, 1.54) is 25.4 Å². The van der Waals surface area contributed by atoms with E-state index in [0.29, 0.717) is 11.5 Å². The number of aromatic nitrogens is 1. The maximum absolute atomic E-state index is 12.6. The first-order chi connectivity index (χ1) is 16.8. The summed E-state index contributed by atoms with van der Waals surface area (Å²) in [5, 5.41) is 2.60. The number of amides is 1. The summed E-state index contributed by atoms with van der Waals surface area (Å²) in [6, 6.07) is 8.73. The second kappa shape index (κ2) is 12.3. The second-order valence-electron chi connectivity index (χ2n) is 9.81. The van der Waals surface area contributed by atoms with Crippen molar-refractivity contribution in [1.29, 1.82) is 0 Å². The van der Waals surface area contributed by atoms with Gasteiger partial charge in [0.05, 0.1) is 24.9 Å². The van der Waals surface area contributed by atoms with Crippen molar-refractivity contribution in [2.24, 2.45) is 0 Å². The van der Waals surface area contributed by atoms with Crippen LogP contribution in [-0.4, -0.2) is 60.4 Å². The Labute approximate surface area is 211 Å². The van der Waals surface area contributed by atoms with Gasteiger partial charge in [-0.15, -0.1) is 0 Å². The molecule has 1 amide bonds. The van der Waals surface area contributed by atoms with Crippen molar-refractivity contribution in [2.45, 2.75) is 58.8 Å². The van der Waals surface area contributed by atoms with Gasteiger partial charge in [0.1, 0.15) is 17.1 Å². The fourth-order valence-corrected chi connectivity index (χ4v) is 2.72. The van der Waals surface area contributed by atoms with Gasteiger partial charge in [-0.3, -0.25) is 4.79 Å². The number of nitrogens with zero attached hydrogens (tertiary/aromatic N) is 1. The highest BCUT2D eigenvalue weighted by Gasteiger charge is 2.25. The molecule has 0 aliphatic rings. The highest BCUT2D eigenvalue weighted by Crippen LogP contribution is 2.24. The van der Waals surface area contributed by atoms with E-state index in [9.17, 15) is 14.4 Å². The minimum absolute atomic E-state index is 0.0388. The standard InChI is InChI=1S/C26H34N2O8/c1-25(2,3)34-15-20(24(31)32-7)28-23(30)17-11-12-21(27-14-17)35-19-10-8-9-18(13-19)33-16-22(29)36-26(4,5)6/h8-14,20H,15-16H2,1-7H3,(H,28,30)/t20-/m0/s1. The predicted octanol–water partition coefficient (Wildman–Crippen LogP) is 3.68. The Morgan fingerprint density at radius 2 is 1.67 bits per heavy atom. The van der Waals surface area contributed by atoms with E-state index in [2.05, 4.69) is 10.3 Å². The topological polar surface area (TPSA) is 122 Å². The molecule has 0 saturated heterocycles. The molecule has 0 aliphatic heterocycles. The van der Waals surface area contributed by atoms with Crippen LogP contribution in [0, 0.1) is 0 Å². The monoisotopic (exact) mass is 502 g/mol. The molecule has 0 fully saturated rings. The van der Waals surface area contributed by atoms with Crippen LogP contribution in [0.1, 0.15) is 51.9 Å². The first-order valence-corrected chi connectivity index (χ1v) is 11.4. The number of methoxy groups -OCH3 is 1. The van der Waals surface area contributed by atoms with Crippen LogP contribution in [0.3, 0.4) is 0 Å². The first-order valence-electron chi connectivity index (χ1n) is 11.4. The van der Waals surface area contributed by atoms with Crippen molar-refractivity contribution in [3.63, 3.8) is 0 Å². The second-order valence-corrected chi connectivity index (χ2v) is 9.81. The Hall–Kier alpha value is -3.66. The van der Waals surface area contributed by atoms with Crippen LogP contribution in [-0.2, 0) is 23.8 Å². The van der Waals surface area contributed by atoms with Crippen molar-refractivity contribution >= 4 is 17.8 Å². The van der Waals surface area contributed by atoms with Crippen LogP contribution in [0.5, 0.6) is 17.4 Å². The summed E-state index contributed by atoms with van der Waals surface area (Å²) in [6.07, 6.45) is 1.33. The van der Waals surface area contributed by atoms with Gasteiger partial charge >= 0.3 is 11.9 Å². The number of rotatable bonds is 10. The molecule has 0 unspecified atom stereocenters. The zero-order valence-electron chi connectivity index (χ0n) is 21.7. The fourth-order valence-electron chi connectivity index (χ4n) is 2.72. The maximum atomic E-state index is 12.6.